The Bertz CT molecular complexity index is 1180. The van der Waals surface area contributed by atoms with Gasteiger partial charge >= 0.3 is 5.97 Å². The first-order valence-corrected chi connectivity index (χ1v) is 13.7. The number of hydrogen-bond acceptors (Lipinski definition) is 5. The molecule has 1 saturated heterocycles. The number of pyridine rings is 1. The zero-order valence-corrected chi connectivity index (χ0v) is 22.0. The fraction of sp³-hybridized carbons (Fsp3) is 0.429. The maximum Gasteiger partial charge on any atom is 0.303 e. The molecule has 0 unspecified atom stereocenters. The molecular weight excluding hydrogens is 499 g/mol. The quantitative estimate of drug-likeness (QED) is 0.272. The van der Waals surface area contributed by atoms with Crippen molar-refractivity contribution in [3.05, 3.63) is 65.3 Å². The van der Waals surface area contributed by atoms with Gasteiger partial charge in [0.1, 0.15) is 11.9 Å². The summed E-state index contributed by atoms with van der Waals surface area (Å²) in [4.78, 5) is 19.4. The average molecular weight is 531 g/mol. The van der Waals surface area contributed by atoms with Crippen molar-refractivity contribution in [2.75, 3.05) is 32.5 Å². The number of likely N-dealkylation sites (tertiary alicyclic amines) is 1. The van der Waals surface area contributed by atoms with Gasteiger partial charge in [0.15, 0.2) is 0 Å². The molecule has 2 aromatic carbocycles. The molecule has 8 heteroatoms. The van der Waals surface area contributed by atoms with E-state index in [1.54, 1.807) is 31.1 Å². The molecule has 0 amide bonds. The van der Waals surface area contributed by atoms with Crippen LogP contribution in [-0.2, 0) is 4.79 Å². The molecule has 1 aromatic heterocycles. The highest BCUT2D eigenvalue weighted by Crippen LogP contribution is 2.36. The Kier molecular flexibility index (Phi) is 9.46. The Balaban J connectivity index is 1.34. The van der Waals surface area contributed by atoms with Crippen molar-refractivity contribution in [2.24, 2.45) is 11.8 Å². The number of piperidine rings is 1. The van der Waals surface area contributed by atoms with Crippen molar-refractivity contribution in [1.29, 1.82) is 0 Å². The van der Waals surface area contributed by atoms with Crippen LogP contribution >= 0.6 is 23.4 Å². The van der Waals surface area contributed by atoms with Crippen LogP contribution in [0.5, 0.6) is 5.75 Å². The molecule has 0 saturated carbocycles. The van der Waals surface area contributed by atoms with Gasteiger partial charge in [-0.15, -0.1) is 11.8 Å². The zero-order valence-electron chi connectivity index (χ0n) is 20.4. The van der Waals surface area contributed by atoms with E-state index in [-0.39, 0.29) is 18.3 Å². The van der Waals surface area contributed by atoms with Crippen molar-refractivity contribution in [1.82, 2.24) is 9.88 Å². The lowest BCUT2D eigenvalue weighted by molar-refractivity contribution is -0.139. The van der Waals surface area contributed by atoms with Gasteiger partial charge in [-0.2, -0.15) is 0 Å². The van der Waals surface area contributed by atoms with E-state index in [2.05, 4.69) is 9.88 Å². The summed E-state index contributed by atoms with van der Waals surface area (Å²) < 4.78 is 20.8. The molecular formula is C28H32ClFN2O3S. The van der Waals surface area contributed by atoms with Gasteiger partial charge in [0.25, 0.3) is 0 Å². The van der Waals surface area contributed by atoms with Crippen molar-refractivity contribution < 1.29 is 19.0 Å². The van der Waals surface area contributed by atoms with E-state index in [1.165, 1.54) is 0 Å². The highest BCUT2D eigenvalue weighted by atomic mass is 35.5. The summed E-state index contributed by atoms with van der Waals surface area (Å²) in [6, 6.07) is 15.1. The molecule has 1 aliphatic rings. The fourth-order valence-corrected chi connectivity index (χ4v) is 6.33. The van der Waals surface area contributed by atoms with Gasteiger partial charge in [-0.05, 0) is 85.7 Å². The Labute approximate surface area is 221 Å². The molecule has 2 heterocycles. The highest BCUT2D eigenvalue weighted by Gasteiger charge is 2.31. The third-order valence-electron chi connectivity index (χ3n) is 7.00. The minimum absolute atomic E-state index is 0.0221. The second kappa shape index (κ2) is 12.7. The summed E-state index contributed by atoms with van der Waals surface area (Å²) >= 11 is 7.83. The lowest BCUT2D eigenvalue weighted by Crippen LogP contribution is -2.42. The molecule has 192 valence electrons. The number of thioether (sulfide) groups is 1. The summed E-state index contributed by atoms with van der Waals surface area (Å²) in [5.41, 5.74) is 1.35. The first-order chi connectivity index (χ1) is 17.4. The lowest BCUT2D eigenvalue weighted by atomic mass is 9.79. The molecule has 36 heavy (non-hydrogen) atoms. The summed E-state index contributed by atoms with van der Waals surface area (Å²) in [5.74, 6) is 1.01. The Morgan fingerprint density at radius 2 is 2.14 bits per heavy atom. The van der Waals surface area contributed by atoms with Gasteiger partial charge in [-0.1, -0.05) is 17.7 Å². The number of halogens is 2. The molecule has 3 atom stereocenters. The monoisotopic (exact) mass is 530 g/mol. The van der Waals surface area contributed by atoms with Gasteiger partial charge in [0.05, 0.1) is 12.6 Å². The van der Waals surface area contributed by atoms with E-state index in [0.717, 1.165) is 52.6 Å². The molecule has 4 rings (SSSR count). The van der Waals surface area contributed by atoms with E-state index in [1.807, 2.05) is 42.5 Å². The predicted molar refractivity (Wildman–Crippen MR) is 144 cm³/mol. The van der Waals surface area contributed by atoms with Crippen LogP contribution in [0.15, 0.2) is 59.6 Å². The number of methoxy groups -OCH3 is 1. The standard InChI is InChI=1S/C28H32ClFN2O3S/c1-35-22-6-8-27-25(17-22)24(9-11-31-27)26(30)7-5-19-10-12-32(18-20(19)15-28(33)34)13-14-36-23-4-2-3-21(29)16-23/h2-4,6,8-9,11,16-17,19-20,26H,5,7,10,12-15,18H2,1H3,(H,33,34)/t19-,20+,26-/m1/s1. The number of fused-ring (bicyclic) bond motifs is 1. The van der Waals surface area contributed by atoms with Crippen molar-refractivity contribution in [3.8, 4) is 5.75 Å². The van der Waals surface area contributed by atoms with Crippen LogP contribution < -0.4 is 4.74 Å². The van der Waals surface area contributed by atoms with E-state index >= 15 is 4.39 Å². The summed E-state index contributed by atoms with van der Waals surface area (Å²) in [5, 5.41) is 11.0. The number of benzene rings is 2. The minimum Gasteiger partial charge on any atom is -0.497 e. The van der Waals surface area contributed by atoms with E-state index in [9.17, 15) is 9.90 Å². The van der Waals surface area contributed by atoms with Crippen molar-refractivity contribution in [3.63, 3.8) is 0 Å². The summed E-state index contributed by atoms with van der Waals surface area (Å²) in [6.45, 7) is 2.53. The van der Waals surface area contributed by atoms with Crippen molar-refractivity contribution in [2.45, 2.75) is 36.8 Å². The number of ether oxygens (including phenoxy) is 1. The largest absolute Gasteiger partial charge is 0.497 e. The SMILES string of the molecule is COc1ccc2nccc([C@H](F)CC[C@@H]3CCN(CCSc4cccc(Cl)c4)C[C@@H]3CC(=O)O)c2c1. The second-order valence-corrected chi connectivity index (χ2v) is 10.9. The van der Waals surface area contributed by atoms with Crippen LogP contribution in [-0.4, -0.2) is 53.5 Å². The first kappa shape index (κ1) is 26.7. The number of hydrogen-bond donors (Lipinski definition) is 1. The summed E-state index contributed by atoms with van der Waals surface area (Å²) in [6.07, 6.45) is 2.54. The zero-order chi connectivity index (χ0) is 25.5. The number of alkyl halides is 1. The van der Waals surface area contributed by atoms with E-state index in [4.69, 9.17) is 16.3 Å². The number of aromatic nitrogens is 1. The fourth-order valence-electron chi connectivity index (χ4n) is 5.11. The molecule has 5 nitrogen and oxygen atoms in total. The molecule has 3 aromatic rings. The van der Waals surface area contributed by atoms with Crippen LogP contribution in [0.2, 0.25) is 5.02 Å². The maximum absolute atomic E-state index is 15.5. The van der Waals surface area contributed by atoms with Gasteiger partial charge in [-0.3, -0.25) is 9.78 Å². The summed E-state index contributed by atoms with van der Waals surface area (Å²) in [7, 11) is 1.59. The smallest absolute Gasteiger partial charge is 0.303 e. The Morgan fingerprint density at radius 1 is 1.28 bits per heavy atom. The average Bonchev–Trinajstić information content (AvgIpc) is 2.87. The number of carbonyl (C=O) groups is 1. The molecule has 0 radical (unpaired) electrons. The number of aliphatic carboxylic acids is 1. The molecule has 1 N–H and O–H groups in total. The number of carboxylic acids is 1. The van der Waals surface area contributed by atoms with Crippen LogP contribution in [0.1, 0.15) is 37.4 Å². The van der Waals surface area contributed by atoms with Crippen LogP contribution in [0.4, 0.5) is 4.39 Å². The van der Waals surface area contributed by atoms with Gasteiger partial charge in [-0.25, -0.2) is 4.39 Å². The van der Waals surface area contributed by atoms with Crippen LogP contribution in [0.25, 0.3) is 10.9 Å². The molecule has 0 bridgehead atoms. The van der Waals surface area contributed by atoms with Crippen LogP contribution in [0, 0.1) is 11.8 Å². The number of nitrogens with zero attached hydrogens (tertiary/aromatic N) is 2. The molecule has 0 spiro atoms. The third kappa shape index (κ3) is 7.11. The Morgan fingerprint density at radius 3 is 2.92 bits per heavy atom. The highest BCUT2D eigenvalue weighted by molar-refractivity contribution is 7.99. The Hall–Kier alpha value is -2.35. The van der Waals surface area contributed by atoms with E-state index < -0.39 is 12.1 Å². The maximum atomic E-state index is 15.5. The minimum atomic E-state index is -1.14. The molecule has 0 aliphatic carbocycles. The van der Waals surface area contributed by atoms with Gasteiger partial charge in [0, 0.05) is 46.8 Å². The van der Waals surface area contributed by atoms with Crippen molar-refractivity contribution >= 4 is 40.2 Å². The number of rotatable bonds is 11. The van der Waals surface area contributed by atoms with Gasteiger partial charge < -0.3 is 14.7 Å². The predicted octanol–water partition coefficient (Wildman–Crippen LogP) is 6.89. The third-order valence-corrected chi connectivity index (χ3v) is 8.20. The van der Waals surface area contributed by atoms with Gasteiger partial charge in [0.2, 0.25) is 0 Å². The van der Waals surface area contributed by atoms with E-state index in [0.29, 0.717) is 24.2 Å². The lowest BCUT2D eigenvalue weighted by Gasteiger charge is -2.38. The normalized spacial score (nSPS) is 19.3. The first-order valence-electron chi connectivity index (χ1n) is 12.3. The second-order valence-electron chi connectivity index (χ2n) is 9.34. The molecule has 1 fully saturated rings. The molecule has 1 aliphatic heterocycles. The number of carboxylic acid groups (broad SMARTS) is 1. The van der Waals surface area contributed by atoms with Crippen LogP contribution in [0.3, 0.4) is 0 Å². The topological polar surface area (TPSA) is 62.7 Å².